The normalized spacial score (nSPS) is 17.4. The molecule has 0 saturated carbocycles. The molecule has 2 N–H and O–H groups in total. The molecule has 0 spiro atoms. The Bertz CT molecular complexity index is 827. The summed E-state index contributed by atoms with van der Waals surface area (Å²) in [4.78, 5) is 34.8. The Balaban J connectivity index is 1.62. The van der Waals surface area contributed by atoms with Gasteiger partial charge in [0.1, 0.15) is 0 Å². The average molecular weight is 400 g/mol. The maximum atomic E-state index is 12.9. The van der Waals surface area contributed by atoms with Gasteiger partial charge in [0.05, 0.1) is 16.1 Å². The highest BCUT2D eigenvalue weighted by Gasteiger charge is 2.23. The molecule has 8 heteroatoms. The van der Waals surface area contributed by atoms with E-state index in [-0.39, 0.29) is 11.8 Å². The van der Waals surface area contributed by atoms with Gasteiger partial charge in [-0.2, -0.15) is 0 Å². The van der Waals surface area contributed by atoms with Crippen LogP contribution in [0.3, 0.4) is 0 Å². The molecule has 4 heterocycles. The summed E-state index contributed by atoms with van der Waals surface area (Å²) in [7, 11) is 0. The topological polar surface area (TPSA) is 77.6 Å². The minimum Gasteiger partial charge on any atom is -0.352 e. The zero-order valence-corrected chi connectivity index (χ0v) is 16.6. The molecule has 0 radical (unpaired) electrons. The first kappa shape index (κ1) is 18.9. The molecular formula is C20H25N5O2S. The maximum Gasteiger partial charge on any atom is 0.265 e. The van der Waals surface area contributed by atoms with Gasteiger partial charge in [-0.3, -0.25) is 9.59 Å². The van der Waals surface area contributed by atoms with Gasteiger partial charge in [0, 0.05) is 45.5 Å². The van der Waals surface area contributed by atoms with Crippen LogP contribution in [0.5, 0.6) is 0 Å². The highest BCUT2D eigenvalue weighted by molar-refractivity contribution is 7.12. The van der Waals surface area contributed by atoms with E-state index in [0.717, 1.165) is 57.9 Å². The molecule has 2 saturated heterocycles. The van der Waals surface area contributed by atoms with E-state index >= 15 is 0 Å². The van der Waals surface area contributed by atoms with Crippen molar-refractivity contribution in [2.24, 2.45) is 0 Å². The van der Waals surface area contributed by atoms with E-state index in [1.165, 1.54) is 17.8 Å². The number of piperidine rings is 1. The number of nitrogens with one attached hydrogen (secondary N) is 2. The molecule has 0 aromatic carbocycles. The molecule has 148 valence electrons. The summed E-state index contributed by atoms with van der Waals surface area (Å²) in [6.07, 6.45) is 4.90. The third-order valence-electron chi connectivity index (χ3n) is 5.17. The summed E-state index contributed by atoms with van der Waals surface area (Å²) in [6, 6.07) is 5.43. The van der Waals surface area contributed by atoms with Crippen molar-refractivity contribution in [2.75, 3.05) is 49.5 Å². The molecular weight excluding hydrogens is 374 g/mol. The Hall–Kier alpha value is -2.45. The van der Waals surface area contributed by atoms with Crippen LogP contribution in [-0.2, 0) is 0 Å². The van der Waals surface area contributed by atoms with Crippen LogP contribution in [-0.4, -0.2) is 61.0 Å². The van der Waals surface area contributed by atoms with Crippen LogP contribution < -0.4 is 15.5 Å². The van der Waals surface area contributed by atoms with Gasteiger partial charge in [0.15, 0.2) is 5.82 Å². The second-order valence-corrected chi connectivity index (χ2v) is 8.06. The second-order valence-electron chi connectivity index (χ2n) is 7.12. The molecule has 0 atom stereocenters. The number of nitrogens with zero attached hydrogens (tertiary/aromatic N) is 3. The number of hydrogen-bond donors (Lipinski definition) is 2. The highest BCUT2D eigenvalue weighted by Crippen LogP contribution is 2.27. The van der Waals surface area contributed by atoms with Crippen LogP contribution >= 0.6 is 11.3 Å². The van der Waals surface area contributed by atoms with Gasteiger partial charge in [-0.25, -0.2) is 4.98 Å². The molecule has 0 bridgehead atoms. The monoisotopic (exact) mass is 399 g/mol. The Morgan fingerprint density at radius 1 is 1.11 bits per heavy atom. The first-order valence-electron chi connectivity index (χ1n) is 9.82. The first-order valence-corrected chi connectivity index (χ1v) is 10.7. The van der Waals surface area contributed by atoms with Crippen LogP contribution in [0.25, 0.3) is 0 Å². The Kier molecular flexibility index (Phi) is 5.87. The van der Waals surface area contributed by atoms with Crippen molar-refractivity contribution in [3.05, 3.63) is 40.2 Å². The van der Waals surface area contributed by atoms with Gasteiger partial charge >= 0.3 is 0 Å². The number of pyridine rings is 1. The standard InChI is InChI=1S/C20H25N5O2S/c26-19(17-5-4-12-28-17)23-16-13-15(20(27)25-8-2-1-3-9-25)14-22-18(16)24-10-6-21-7-11-24/h4-5,12-14,21H,1-3,6-11H2,(H,23,26). The van der Waals surface area contributed by atoms with Crippen LogP contribution in [0.4, 0.5) is 11.5 Å². The number of carbonyl (C=O) groups is 2. The Labute approximate surface area is 168 Å². The van der Waals surface area contributed by atoms with Gasteiger partial charge < -0.3 is 20.4 Å². The maximum absolute atomic E-state index is 12.9. The predicted molar refractivity (Wildman–Crippen MR) is 111 cm³/mol. The predicted octanol–water partition coefficient (Wildman–Crippen LogP) is 2.43. The van der Waals surface area contributed by atoms with E-state index in [2.05, 4.69) is 20.5 Å². The van der Waals surface area contributed by atoms with Crippen molar-refractivity contribution in [3.8, 4) is 0 Å². The lowest BCUT2D eigenvalue weighted by Gasteiger charge is -2.30. The first-order chi connectivity index (χ1) is 13.7. The number of hydrogen-bond acceptors (Lipinski definition) is 6. The smallest absolute Gasteiger partial charge is 0.265 e. The number of likely N-dealkylation sites (tertiary alicyclic amines) is 1. The SMILES string of the molecule is O=C(Nc1cc(C(=O)N2CCCCC2)cnc1N1CCNCC1)c1cccs1. The van der Waals surface area contributed by atoms with Gasteiger partial charge in [-0.1, -0.05) is 6.07 Å². The fourth-order valence-corrected chi connectivity index (χ4v) is 4.29. The summed E-state index contributed by atoms with van der Waals surface area (Å²) in [5.41, 5.74) is 1.13. The van der Waals surface area contributed by atoms with E-state index in [0.29, 0.717) is 16.1 Å². The molecule has 2 amide bonds. The van der Waals surface area contributed by atoms with Gasteiger partial charge in [0.25, 0.3) is 11.8 Å². The lowest BCUT2D eigenvalue weighted by molar-refractivity contribution is 0.0723. The lowest BCUT2D eigenvalue weighted by Crippen LogP contribution is -2.44. The lowest BCUT2D eigenvalue weighted by atomic mass is 10.1. The molecule has 2 aromatic rings. The summed E-state index contributed by atoms with van der Waals surface area (Å²) in [5.74, 6) is 0.544. The molecule has 0 unspecified atom stereocenters. The molecule has 4 rings (SSSR count). The van der Waals surface area contributed by atoms with Gasteiger partial charge in [-0.15, -0.1) is 11.3 Å². The van der Waals surface area contributed by atoms with E-state index in [1.807, 2.05) is 16.3 Å². The number of amides is 2. The molecule has 2 aliphatic rings. The largest absolute Gasteiger partial charge is 0.352 e. The van der Waals surface area contributed by atoms with E-state index < -0.39 is 0 Å². The molecule has 2 aromatic heterocycles. The number of anilines is 2. The van der Waals surface area contributed by atoms with Crippen molar-refractivity contribution in [1.29, 1.82) is 0 Å². The van der Waals surface area contributed by atoms with Crippen molar-refractivity contribution in [1.82, 2.24) is 15.2 Å². The number of piperazine rings is 1. The van der Waals surface area contributed by atoms with Crippen LogP contribution in [0.15, 0.2) is 29.8 Å². The fraction of sp³-hybridized carbons (Fsp3) is 0.450. The van der Waals surface area contributed by atoms with E-state index in [9.17, 15) is 9.59 Å². The van der Waals surface area contributed by atoms with Crippen LogP contribution in [0.2, 0.25) is 0 Å². The molecule has 2 fully saturated rings. The fourth-order valence-electron chi connectivity index (χ4n) is 3.67. The van der Waals surface area contributed by atoms with Crippen molar-refractivity contribution in [3.63, 3.8) is 0 Å². The molecule has 7 nitrogen and oxygen atoms in total. The zero-order valence-electron chi connectivity index (χ0n) is 15.8. The van der Waals surface area contributed by atoms with Crippen LogP contribution in [0, 0.1) is 0 Å². The summed E-state index contributed by atoms with van der Waals surface area (Å²) in [5, 5.41) is 8.18. The third-order valence-corrected chi connectivity index (χ3v) is 6.04. The minimum atomic E-state index is -0.171. The zero-order chi connectivity index (χ0) is 19.3. The van der Waals surface area contributed by atoms with E-state index in [4.69, 9.17) is 0 Å². The van der Waals surface area contributed by atoms with Crippen molar-refractivity contribution >= 4 is 34.7 Å². The Morgan fingerprint density at radius 3 is 2.61 bits per heavy atom. The highest BCUT2D eigenvalue weighted by atomic mass is 32.1. The Morgan fingerprint density at radius 2 is 1.89 bits per heavy atom. The molecule has 0 aliphatic carbocycles. The van der Waals surface area contributed by atoms with Crippen LogP contribution in [0.1, 0.15) is 39.3 Å². The second kappa shape index (κ2) is 8.70. The van der Waals surface area contributed by atoms with Gasteiger partial charge in [-0.05, 0) is 36.8 Å². The number of carbonyl (C=O) groups excluding carboxylic acids is 2. The van der Waals surface area contributed by atoms with E-state index in [1.54, 1.807) is 18.3 Å². The third kappa shape index (κ3) is 4.18. The van der Waals surface area contributed by atoms with Gasteiger partial charge in [0.2, 0.25) is 0 Å². The number of rotatable bonds is 4. The van der Waals surface area contributed by atoms with Crippen molar-refractivity contribution in [2.45, 2.75) is 19.3 Å². The summed E-state index contributed by atoms with van der Waals surface area (Å²) >= 11 is 1.39. The quantitative estimate of drug-likeness (QED) is 0.826. The van der Waals surface area contributed by atoms with Crippen molar-refractivity contribution < 1.29 is 9.59 Å². The molecule has 2 aliphatic heterocycles. The summed E-state index contributed by atoms with van der Waals surface area (Å²) < 4.78 is 0. The summed E-state index contributed by atoms with van der Waals surface area (Å²) in [6.45, 7) is 4.94. The number of aromatic nitrogens is 1. The minimum absolute atomic E-state index is 0.00863. The molecule has 28 heavy (non-hydrogen) atoms. The average Bonchev–Trinajstić information content (AvgIpc) is 3.30. The number of thiophene rings is 1.